The van der Waals surface area contributed by atoms with Gasteiger partial charge in [0.15, 0.2) is 0 Å². The fraction of sp³-hybridized carbons (Fsp3) is 0.286. The number of aromatic nitrogens is 2. The highest BCUT2D eigenvalue weighted by molar-refractivity contribution is 5.91. The van der Waals surface area contributed by atoms with Gasteiger partial charge in [0, 0.05) is 12.1 Å². The van der Waals surface area contributed by atoms with Crippen molar-refractivity contribution >= 4 is 23.1 Å². The molecule has 0 aliphatic carbocycles. The minimum absolute atomic E-state index is 0.0576. The molecule has 11 nitrogen and oxygen atoms in total. The Hall–Kier alpha value is -3.64. The first-order valence-electron chi connectivity index (χ1n) is 7.35. The molecule has 13 heteroatoms. The number of carbonyl (C=O) groups excluding carboxylic acids is 1. The second kappa shape index (κ2) is 8.16. The maximum absolute atomic E-state index is 12.2. The van der Waals surface area contributed by atoms with Crippen LogP contribution in [0.5, 0.6) is 5.75 Å². The molecule has 0 saturated carbocycles. The molecule has 27 heavy (non-hydrogen) atoms. The van der Waals surface area contributed by atoms with E-state index in [4.69, 9.17) is 4.74 Å². The molecule has 0 saturated heterocycles. The number of carbonyl (C=O) groups is 1. The van der Waals surface area contributed by atoms with Crippen LogP contribution in [-0.2, 0) is 11.3 Å². The molecule has 0 aliphatic heterocycles. The lowest BCUT2D eigenvalue weighted by Crippen LogP contribution is -2.20. The summed E-state index contributed by atoms with van der Waals surface area (Å²) in [6, 6.07) is 4.28. The highest BCUT2D eigenvalue weighted by Gasteiger charge is 2.19. The number of nitrogens with one attached hydrogen (secondary N) is 1. The number of anilines is 1. The largest absolute Gasteiger partial charge is 0.487 e. The van der Waals surface area contributed by atoms with Gasteiger partial charge in [-0.3, -0.25) is 14.9 Å². The average molecular weight is 385 g/mol. The SMILES string of the molecule is Cc1cc([N+](=O)[O-])nn1CC(=O)Nc1cc(OCC(F)F)cc([N+](=O)[O-])c1. The molecule has 2 rings (SSSR count). The number of nitro benzene ring substituents is 1. The van der Waals surface area contributed by atoms with Crippen LogP contribution in [0.2, 0.25) is 0 Å². The zero-order chi connectivity index (χ0) is 20.1. The van der Waals surface area contributed by atoms with Gasteiger partial charge in [-0.15, -0.1) is 0 Å². The molecule has 1 aromatic carbocycles. The van der Waals surface area contributed by atoms with Gasteiger partial charge >= 0.3 is 5.82 Å². The van der Waals surface area contributed by atoms with Crippen LogP contribution in [0, 0.1) is 27.2 Å². The summed E-state index contributed by atoms with van der Waals surface area (Å²) in [6.07, 6.45) is -2.78. The normalized spacial score (nSPS) is 10.7. The van der Waals surface area contributed by atoms with Crippen molar-refractivity contribution in [2.24, 2.45) is 0 Å². The first kappa shape index (κ1) is 19.7. The van der Waals surface area contributed by atoms with Crippen LogP contribution in [0.15, 0.2) is 24.3 Å². The maximum Gasteiger partial charge on any atom is 0.390 e. The van der Waals surface area contributed by atoms with Gasteiger partial charge in [0.1, 0.15) is 18.9 Å². The van der Waals surface area contributed by atoms with Crippen molar-refractivity contribution in [2.45, 2.75) is 19.9 Å². The maximum atomic E-state index is 12.2. The summed E-state index contributed by atoms with van der Waals surface area (Å²) in [5, 5.41) is 27.6. The number of halogens is 2. The molecule has 0 unspecified atom stereocenters. The first-order valence-corrected chi connectivity index (χ1v) is 7.35. The minimum Gasteiger partial charge on any atom is -0.487 e. The number of amides is 1. The van der Waals surface area contributed by atoms with Crippen LogP contribution < -0.4 is 10.1 Å². The third-order valence-electron chi connectivity index (χ3n) is 3.21. The number of ether oxygens (including phenoxy) is 1. The number of aryl methyl sites for hydroxylation is 1. The van der Waals surface area contributed by atoms with Crippen molar-refractivity contribution in [1.82, 2.24) is 9.78 Å². The summed E-state index contributed by atoms with van der Waals surface area (Å²) < 4.78 is 30.3. The third-order valence-corrected chi connectivity index (χ3v) is 3.21. The van der Waals surface area contributed by atoms with Crippen LogP contribution in [0.25, 0.3) is 0 Å². The molecule has 1 amide bonds. The van der Waals surface area contributed by atoms with E-state index in [1.165, 1.54) is 13.0 Å². The molecule has 0 spiro atoms. The minimum atomic E-state index is -2.78. The van der Waals surface area contributed by atoms with E-state index in [-0.39, 0.29) is 11.4 Å². The molecular formula is C14H13F2N5O6. The van der Waals surface area contributed by atoms with E-state index >= 15 is 0 Å². The van der Waals surface area contributed by atoms with Gasteiger partial charge in [-0.2, -0.15) is 4.68 Å². The lowest BCUT2D eigenvalue weighted by molar-refractivity contribution is -0.389. The Morgan fingerprint density at radius 1 is 1.26 bits per heavy atom. The number of benzene rings is 1. The highest BCUT2D eigenvalue weighted by atomic mass is 19.3. The predicted octanol–water partition coefficient (Wildman–Crippen LogP) is 2.29. The quantitative estimate of drug-likeness (QED) is 0.542. The van der Waals surface area contributed by atoms with Crippen LogP contribution in [0.1, 0.15) is 5.69 Å². The van der Waals surface area contributed by atoms with E-state index in [0.717, 1.165) is 22.9 Å². The van der Waals surface area contributed by atoms with Gasteiger partial charge < -0.3 is 20.2 Å². The standard InChI is InChI=1S/C14H13F2N5O6/c1-8-2-13(21(25)26)18-19(8)6-14(22)17-9-3-10(20(23)24)5-11(4-9)27-7-12(15)16/h2-5,12H,6-7H2,1H3,(H,17,22). The van der Waals surface area contributed by atoms with Gasteiger partial charge in [-0.1, -0.05) is 0 Å². The van der Waals surface area contributed by atoms with E-state index in [9.17, 15) is 33.8 Å². The monoisotopic (exact) mass is 385 g/mol. The highest BCUT2D eigenvalue weighted by Crippen LogP contribution is 2.26. The summed E-state index contributed by atoms with van der Waals surface area (Å²) >= 11 is 0. The fourth-order valence-corrected chi connectivity index (χ4v) is 2.08. The molecule has 1 aromatic heterocycles. The molecule has 1 heterocycles. The van der Waals surface area contributed by atoms with Crippen LogP contribution in [-0.4, -0.2) is 38.6 Å². The average Bonchev–Trinajstić information content (AvgIpc) is 2.93. The van der Waals surface area contributed by atoms with Gasteiger partial charge in [-0.05, 0) is 11.8 Å². The predicted molar refractivity (Wildman–Crippen MR) is 86.8 cm³/mol. The van der Waals surface area contributed by atoms with Gasteiger partial charge in [0.05, 0.1) is 33.5 Å². The lowest BCUT2D eigenvalue weighted by Gasteiger charge is -2.09. The number of hydrogen-bond acceptors (Lipinski definition) is 7. The summed E-state index contributed by atoms with van der Waals surface area (Å²) in [5.41, 5.74) is -0.169. The number of hydrogen-bond donors (Lipinski definition) is 1. The van der Waals surface area contributed by atoms with E-state index in [1.54, 1.807) is 0 Å². The van der Waals surface area contributed by atoms with Crippen molar-refractivity contribution in [3.63, 3.8) is 0 Å². The van der Waals surface area contributed by atoms with Crippen LogP contribution >= 0.6 is 0 Å². The smallest absolute Gasteiger partial charge is 0.390 e. The van der Waals surface area contributed by atoms with Gasteiger partial charge in [0.25, 0.3) is 12.1 Å². The van der Waals surface area contributed by atoms with Gasteiger partial charge in [-0.25, -0.2) is 8.78 Å². The van der Waals surface area contributed by atoms with E-state index < -0.39 is 46.8 Å². The summed E-state index contributed by atoms with van der Waals surface area (Å²) in [6.45, 7) is 0.150. The molecule has 2 aromatic rings. The lowest BCUT2D eigenvalue weighted by atomic mass is 10.2. The Bertz CT molecular complexity index is 885. The zero-order valence-electron chi connectivity index (χ0n) is 13.8. The second-order valence-electron chi connectivity index (χ2n) is 5.28. The molecule has 0 bridgehead atoms. The van der Waals surface area contributed by atoms with Crippen LogP contribution in [0.4, 0.5) is 26.0 Å². The second-order valence-corrected chi connectivity index (χ2v) is 5.28. The molecule has 0 radical (unpaired) electrons. The Labute approximate surface area is 149 Å². The van der Waals surface area contributed by atoms with Crippen molar-refractivity contribution in [1.29, 1.82) is 0 Å². The van der Waals surface area contributed by atoms with E-state index in [0.29, 0.717) is 5.69 Å². The number of rotatable bonds is 8. The van der Waals surface area contributed by atoms with Crippen molar-refractivity contribution < 1.29 is 28.2 Å². The molecular weight excluding hydrogens is 372 g/mol. The molecule has 1 N–H and O–H groups in total. The van der Waals surface area contributed by atoms with Crippen molar-refractivity contribution in [3.05, 3.63) is 50.2 Å². The number of nitro groups is 2. The first-order chi connectivity index (χ1) is 12.7. The Morgan fingerprint density at radius 3 is 2.52 bits per heavy atom. The Balaban J connectivity index is 2.16. The number of alkyl halides is 2. The Morgan fingerprint density at radius 2 is 1.96 bits per heavy atom. The number of nitrogens with zero attached hydrogens (tertiary/aromatic N) is 4. The molecule has 0 aliphatic rings. The summed E-state index contributed by atoms with van der Waals surface area (Å²) in [7, 11) is 0. The zero-order valence-corrected chi connectivity index (χ0v) is 13.8. The molecule has 144 valence electrons. The van der Waals surface area contributed by atoms with E-state index in [1.807, 2.05) is 0 Å². The third kappa shape index (κ3) is 5.42. The van der Waals surface area contributed by atoms with Crippen LogP contribution in [0.3, 0.4) is 0 Å². The topological polar surface area (TPSA) is 142 Å². The van der Waals surface area contributed by atoms with Gasteiger partial charge in [0.2, 0.25) is 5.91 Å². The van der Waals surface area contributed by atoms with Crippen molar-refractivity contribution in [2.75, 3.05) is 11.9 Å². The molecule has 0 atom stereocenters. The summed E-state index contributed by atoms with van der Waals surface area (Å²) in [4.78, 5) is 32.2. The van der Waals surface area contributed by atoms with Crippen molar-refractivity contribution in [3.8, 4) is 5.75 Å². The van der Waals surface area contributed by atoms with E-state index in [2.05, 4.69) is 10.4 Å². The summed E-state index contributed by atoms with van der Waals surface area (Å²) in [5.74, 6) is -1.33. The molecule has 0 fully saturated rings. The number of non-ortho nitro benzene ring substituents is 1. The fourth-order valence-electron chi connectivity index (χ4n) is 2.08. The Kier molecular flexibility index (Phi) is 5.95.